The molecule has 1 atom stereocenters. The van der Waals surface area contributed by atoms with Gasteiger partial charge in [0.25, 0.3) is 0 Å². The van der Waals surface area contributed by atoms with Gasteiger partial charge in [0.2, 0.25) is 0 Å². The third-order valence-corrected chi connectivity index (χ3v) is 3.24. The molecular weight excluding hydrogens is 234 g/mol. The monoisotopic (exact) mass is 249 g/mol. The van der Waals surface area contributed by atoms with Crippen LogP contribution in [0.25, 0.3) is 10.9 Å². The predicted octanol–water partition coefficient (Wildman–Crippen LogP) is 2.87. The molecule has 0 saturated heterocycles. The Labute approximate surface area is 112 Å². The largest absolute Gasteiger partial charge is 0.324 e. The van der Waals surface area contributed by atoms with Crippen molar-refractivity contribution in [1.82, 2.24) is 9.97 Å². The van der Waals surface area contributed by atoms with Crippen LogP contribution < -0.4 is 5.73 Å². The minimum Gasteiger partial charge on any atom is -0.324 e. The zero-order chi connectivity index (χ0) is 13.1. The van der Waals surface area contributed by atoms with Crippen LogP contribution in [0, 0.1) is 0 Å². The van der Waals surface area contributed by atoms with Gasteiger partial charge in [0, 0.05) is 30.0 Å². The molecule has 3 rings (SSSR count). The molecule has 0 fully saturated rings. The summed E-state index contributed by atoms with van der Waals surface area (Å²) in [5.74, 6) is 0. The van der Waals surface area contributed by atoms with Crippen LogP contribution in [0.1, 0.15) is 17.2 Å². The summed E-state index contributed by atoms with van der Waals surface area (Å²) in [5, 5.41) is 1.14. The fourth-order valence-corrected chi connectivity index (χ4v) is 2.20. The molecule has 0 saturated carbocycles. The smallest absolute Gasteiger partial charge is 0.0705 e. The van der Waals surface area contributed by atoms with Gasteiger partial charge >= 0.3 is 0 Å². The van der Waals surface area contributed by atoms with Crippen molar-refractivity contribution in [2.24, 2.45) is 5.73 Å². The lowest BCUT2D eigenvalue weighted by Gasteiger charge is -2.12. The van der Waals surface area contributed by atoms with Crippen LogP contribution in [0.15, 0.2) is 61.1 Å². The molecule has 0 radical (unpaired) electrons. The van der Waals surface area contributed by atoms with Gasteiger partial charge in [-0.05, 0) is 35.7 Å². The molecule has 19 heavy (non-hydrogen) atoms. The molecule has 0 spiro atoms. The van der Waals surface area contributed by atoms with E-state index >= 15 is 0 Å². The maximum absolute atomic E-state index is 6.26. The summed E-state index contributed by atoms with van der Waals surface area (Å²) in [4.78, 5) is 8.48. The molecule has 0 aliphatic heterocycles. The molecule has 1 aromatic carbocycles. The van der Waals surface area contributed by atoms with Gasteiger partial charge in [-0.15, -0.1) is 0 Å². The normalized spacial score (nSPS) is 12.5. The summed E-state index contributed by atoms with van der Waals surface area (Å²) in [7, 11) is 0. The number of nitrogens with two attached hydrogens (primary N) is 1. The maximum Gasteiger partial charge on any atom is 0.0705 e. The lowest BCUT2D eigenvalue weighted by Crippen LogP contribution is -2.13. The van der Waals surface area contributed by atoms with E-state index in [1.807, 2.05) is 24.4 Å². The number of pyridine rings is 2. The van der Waals surface area contributed by atoms with Crippen molar-refractivity contribution in [2.75, 3.05) is 0 Å². The highest BCUT2D eigenvalue weighted by molar-refractivity contribution is 5.78. The molecule has 3 nitrogen and oxygen atoms in total. The first-order valence-corrected chi connectivity index (χ1v) is 6.32. The molecule has 0 amide bonds. The zero-order valence-electron chi connectivity index (χ0n) is 10.5. The molecule has 3 heteroatoms. The summed E-state index contributed by atoms with van der Waals surface area (Å²) in [6.45, 7) is 0. The van der Waals surface area contributed by atoms with Gasteiger partial charge in [0.05, 0.1) is 5.52 Å². The molecule has 2 heterocycles. The highest BCUT2D eigenvalue weighted by atomic mass is 14.7. The first-order valence-electron chi connectivity index (χ1n) is 6.32. The van der Waals surface area contributed by atoms with Gasteiger partial charge in [-0.3, -0.25) is 9.97 Å². The van der Waals surface area contributed by atoms with Crippen LogP contribution in [0.5, 0.6) is 0 Å². The van der Waals surface area contributed by atoms with E-state index in [9.17, 15) is 0 Å². The Morgan fingerprint density at radius 2 is 1.95 bits per heavy atom. The van der Waals surface area contributed by atoms with E-state index in [1.165, 1.54) is 0 Å². The summed E-state index contributed by atoms with van der Waals surface area (Å²) in [6, 6.07) is 14.2. The van der Waals surface area contributed by atoms with Gasteiger partial charge in [-0.2, -0.15) is 0 Å². The maximum atomic E-state index is 6.26. The second-order valence-electron chi connectivity index (χ2n) is 4.63. The van der Waals surface area contributed by atoms with Crippen molar-refractivity contribution in [3.63, 3.8) is 0 Å². The third kappa shape index (κ3) is 2.61. The Morgan fingerprint density at radius 1 is 1.05 bits per heavy atom. The Morgan fingerprint density at radius 3 is 2.79 bits per heavy atom. The molecule has 2 N–H and O–H groups in total. The van der Waals surface area contributed by atoms with Gasteiger partial charge in [-0.1, -0.05) is 24.3 Å². The molecule has 0 aliphatic rings. The van der Waals surface area contributed by atoms with Crippen molar-refractivity contribution in [3.05, 3.63) is 72.2 Å². The number of fused-ring (bicyclic) bond motifs is 1. The molecule has 1 unspecified atom stereocenters. The van der Waals surface area contributed by atoms with Crippen molar-refractivity contribution in [1.29, 1.82) is 0 Å². The highest BCUT2D eigenvalue weighted by Crippen LogP contribution is 2.20. The average molecular weight is 249 g/mol. The first kappa shape index (κ1) is 11.8. The number of nitrogens with zero attached hydrogens (tertiary/aromatic N) is 2. The summed E-state index contributed by atoms with van der Waals surface area (Å²) in [6.07, 6.45) is 6.22. The fourth-order valence-electron chi connectivity index (χ4n) is 2.20. The van der Waals surface area contributed by atoms with Gasteiger partial charge in [0.1, 0.15) is 0 Å². The Bertz CT molecular complexity index is 680. The summed E-state index contributed by atoms with van der Waals surface area (Å²) < 4.78 is 0. The Balaban J connectivity index is 1.87. The van der Waals surface area contributed by atoms with E-state index in [0.29, 0.717) is 0 Å². The van der Waals surface area contributed by atoms with E-state index in [1.54, 1.807) is 12.4 Å². The number of hydrogen-bond donors (Lipinski definition) is 1. The van der Waals surface area contributed by atoms with Crippen molar-refractivity contribution in [2.45, 2.75) is 12.5 Å². The predicted molar refractivity (Wildman–Crippen MR) is 76.6 cm³/mol. The van der Waals surface area contributed by atoms with Crippen LogP contribution in [-0.2, 0) is 6.42 Å². The molecule has 0 aliphatic carbocycles. The van der Waals surface area contributed by atoms with E-state index in [2.05, 4.69) is 34.2 Å². The van der Waals surface area contributed by atoms with Gasteiger partial charge in [0.15, 0.2) is 0 Å². The zero-order valence-corrected chi connectivity index (χ0v) is 10.5. The summed E-state index contributed by atoms with van der Waals surface area (Å²) >= 11 is 0. The standard InChI is InChI=1S/C16H15N3/c17-15(9-12-3-1-7-18-11-12)14-6-5-13-4-2-8-19-16(13)10-14/h1-8,10-11,15H,9,17H2. The third-order valence-electron chi connectivity index (χ3n) is 3.24. The Hall–Kier alpha value is -2.26. The van der Waals surface area contributed by atoms with E-state index < -0.39 is 0 Å². The molecule has 94 valence electrons. The van der Waals surface area contributed by atoms with Crippen LogP contribution >= 0.6 is 0 Å². The summed E-state index contributed by atoms with van der Waals surface area (Å²) in [5.41, 5.74) is 9.51. The van der Waals surface area contributed by atoms with Gasteiger partial charge in [-0.25, -0.2) is 0 Å². The number of aromatic nitrogens is 2. The molecule has 0 bridgehead atoms. The average Bonchev–Trinajstić information content (AvgIpc) is 2.48. The number of rotatable bonds is 3. The second kappa shape index (κ2) is 5.16. The van der Waals surface area contributed by atoms with Crippen LogP contribution in [-0.4, -0.2) is 9.97 Å². The van der Waals surface area contributed by atoms with Crippen LogP contribution in [0.3, 0.4) is 0 Å². The van der Waals surface area contributed by atoms with Gasteiger partial charge < -0.3 is 5.73 Å². The lowest BCUT2D eigenvalue weighted by atomic mass is 9.99. The first-order chi connectivity index (χ1) is 9.33. The Kier molecular flexibility index (Phi) is 3.21. The number of hydrogen-bond acceptors (Lipinski definition) is 3. The van der Waals surface area contributed by atoms with Crippen molar-refractivity contribution in [3.8, 4) is 0 Å². The molecular formula is C16H15N3. The van der Waals surface area contributed by atoms with Crippen molar-refractivity contribution >= 4 is 10.9 Å². The highest BCUT2D eigenvalue weighted by Gasteiger charge is 2.08. The van der Waals surface area contributed by atoms with E-state index in [0.717, 1.165) is 28.5 Å². The quantitative estimate of drug-likeness (QED) is 0.776. The minimum absolute atomic E-state index is 0.0318. The SMILES string of the molecule is NC(Cc1cccnc1)c1ccc2cccnc2c1. The van der Waals surface area contributed by atoms with E-state index in [4.69, 9.17) is 5.73 Å². The lowest BCUT2D eigenvalue weighted by molar-refractivity contribution is 0.720. The fraction of sp³-hybridized carbons (Fsp3) is 0.125. The van der Waals surface area contributed by atoms with Crippen molar-refractivity contribution < 1.29 is 0 Å². The van der Waals surface area contributed by atoms with E-state index in [-0.39, 0.29) is 6.04 Å². The second-order valence-corrected chi connectivity index (χ2v) is 4.63. The molecule has 2 aromatic heterocycles. The molecule has 3 aromatic rings. The van der Waals surface area contributed by atoms with Crippen LogP contribution in [0.4, 0.5) is 0 Å². The topological polar surface area (TPSA) is 51.8 Å². The van der Waals surface area contributed by atoms with Crippen LogP contribution in [0.2, 0.25) is 0 Å². The minimum atomic E-state index is -0.0318. The number of benzene rings is 1.